The number of carbonyl (C=O) groups is 1. The van der Waals surface area contributed by atoms with Crippen LogP contribution in [0, 0.1) is 5.92 Å². The lowest BCUT2D eigenvalue weighted by molar-refractivity contribution is -0.116. The van der Waals surface area contributed by atoms with Gasteiger partial charge in [0.15, 0.2) is 0 Å². The maximum atomic E-state index is 12.6. The molecule has 4 heteroatoms. The van der Waals surface area contributed by atoms with Crippen molar-refractivity contribution in [3.8, 4) is 5.75 Å². The molecule has 1 unspecified atom stereocenters. The van der Waals surface area contributed by atoms with Gasteiger partial charge in [0.05, 0.1) is 12.4 Å². The van der Waals surface area contributed by atoms with Crippen LogP contribution in [-0.2, 0) is 4.79 Å². The van der Waals surface area contributed by atoms with E-state index in [9.17, 15) is 4.79 Å². The molecule has 1 fully saturated rings. The van der Waals surface area contributed by atoms with Gasteiger partial charge in [0.2, 0.25) is 5.91 Å². The van der Waals surface area contributed by atoms with Gasteiger partial charge in [-0.1, -0.05) is 33.1 Å². The molecule has 3 nitrogen and oxygen atoms in total. The summed E-state index contributed by atoms with van der Waals surface area (Å²) in [5.41, 5.74) is 0.834. The molecular formula is C18H27NO2S. The van der Waals surface area contributed by atoms with Crippen LogP contribution in [-0.4, -0.2) is 23.5 Å². The van der Waals surface area contributed by atoms with Crippen LogP contribution in [0.1, 0.15) is 46.0 Å². The predicted octanol–water partition coefficient (Wildman–Crippen LogP) is 4.72. The summed E-state index contributed by atoms with van der Waals surface area (Å²) in [6.07, 6.45) is 6.47. The van der Waals surface area contributed by atoms with Crippen molar-refractivity contribution < 1.29 is 9.53 Å². The Labute approximate surface area is 138 Å². The summed E-state index contributed by atoms with van der Waals surface area (Å²) in [7, 11) is 1.64. The van der Waals surface area contributed by atoms with Crippen LogP contribution >= 0.6 is 11.8 Å². The highest BCUT2D eigenvalue weighted by atomic mass is 32.2. The molecule has 1 saturated carbocycles. The third-order valence-electron chi connectivity index (χ3n) is 4.11. The number of ether oxygens (including phenoxy) is 1. The van der Waals surface area contributed by atoms with Gasteiger partial charge >= 0.3 is 0 Å². The standard InChI is InChI=1S/C18H27NO2S/c1-13(2)17(22-16-7-5-4-6-8-16)18(20)19-14-9-11-15(21-3)12-10-14/h9-13,16-17H,4-8H2,1-3H3,(H,19,20). The van der Waals surface area contributed by atoms with Crippen LogP contribution in [0.4, 0.5) is 5.69 Å². The highest BCUT2D eigenvalue weighted by Gasteiger charge is 2.27. The van der Waals surface area contributed by atoms with E-state index in [1.807, 2.05) is 36.0 Å². The third-order valence-corrected chi connectivity index (χ3v) is 6.02. The van der Waals surface area contributed by atoms with Gasteiger partial charge in [0, 0.05) is 10.9 Å². The van der Waals surface area contributed by atoms with E-state index in [1.54, 1.807) is 7.11 Å². The minimum Gasteiger partial charge on any atom is -0.497 e. The fraction of sp³-hybridized carbons (Fsp3) is 0.611. The fourth-order valence-corrected chi connectivity index (χ4v) is 4.33. The van der Waals surface area contributed by atoms with Crippen LogP contribution in [0.5, 0.6) is 5.75 Å². The van der Waals surface area contributed by atoms with E-state index < -0.39 is 0 Å². The maximum absolute atomic E-state index is 12.6. The van der Waals surface area contributed by atoms with E-state index >= 15 is 0 Å². The third kappa shape index (κ3) is 4.94. The van der Waals surface area contributed by atoms with Crippen LogP contribution in [0.15, 0.2) is 24.3 Å². The van der Waals surface area contributed by atoms with Crippen molar-refractivity contribution in [1.82, 2.24) is 0 Å². The molecule has 122 valence electrons. The number of benzene rings is 1. The Morgan fingerprint density at radius 2 is 1.82 bits per heavy atom. The molecule has 0 heterocycles. The monoisotopic (exact) mass is 321 g/mol. The SMILES string of the molecule is COc1ccc(NC(=O)C(SC2CCCCC2)C(C)C)cc1. The van der Waals surface area contributed by atoms with Crippen molar-refractivity contribution in [2.24, 2.45) is 5.92 Å². The second-order valence-electron chi connectivity index (χ2n) is 6.28. The first-order valence-corrected chi connectivity index (χ1v) is 9.15. The van der Waals surface area contributed by atoms with Crippen molar-refractivity contribution in [3.05, 3.63) is 24.3 Å². The van der Waals surface area contributed by atoms with Gasteiger partial charge in [-0.15, -0.1) is 11.8 Å². The fourth-order valence-electron chi connectivity index (χ4n) is 2.82. The summed E-state index contributed by atoms with van der Waals surface area (Å²) in [5.74, 6) is 1.26. The number of anilines is 1. The quantitative estimate of drug-likeness (QED) is 0.823. The van der Waals surface area contributed by atoms with Crippen LogP contribution in [0.2, 0.25) is 0 Å². The lowest BCUT2D eigenvalue weighted by Crippen LogP contribution is -2.32. The molecule has 1 atom stereocenters. The first kappa shape index (κ1) is 17.2. The zero-order valence-corrected chi connectivity index (χ0v) is 14.6. The van der Waals surface area contributed by atoms with Crippen molar-refractivity contribution in [1.29, 1.82) is 0 Å². The van der Waals surface area contributed by atoms with Crippen molar-refractivity contribution >= 4 is 23.4 Å². The summed E-state index contributed by atoms with van der Waals surface area (Å²) in [6, 6.07) is 7.52. The molecule has 1 aliphatic carbocycles. The zero-order chi connectivity index (χ0) is 15.9. The van der Waals surface area contributed by atoms with Gasteiger partial charge in [-0.2, -0.15) is 0 Å². The molecule has 1 aromatic rings. The summed E-state index contributed by atoms with van der Waals surface area (Å²) in [6.45, 7) is 4.27. The van der Waals surface area contributed by atoms with E-state index in [1.165, 1.54) is 32.1 Å². The number of rotatable bonds is 6. The lowest BCUT2D eigenvalue weighted by Gasteiger charge is -2.27. The highest BCUT2D eigenvalue weighted by Crippen LogP contribution is 2.34. The molecule has 0 spiro atoms. The molecule has 0 aromatic heterocycles. The van der Waals surface area contributed by atoms with Gasteiger partial charge in [0.25, 0.3) is 0 Å². The highest BCUT2D eigenvalue weighted by molar-refractivity contribution is 8.01. The van der Waals surface area contributed by atoms with E-state index in [-0.39, 0.29) is 11.2 Å². The van der Waals surface area contributed by atoms with Crippen molar-refractivity contribution in [3.63, 3.8) is 0 Å². The summed E-state index contributed by atoms with van der Waals surface area (Å²) in [4.78, 5) is 12.6. The number of hydrogen-bond donors (Lipinski definition) is 1. The molecule has 1 aromatic carbocycles. The summed E-state index contributed by atoms with van der Waals surface area (Å²) >= 11 is 1.87. The zero-order valence-electron chi connectivity index (χ0n) is 13.8. The molecule has 0 bridgehead atoms. The predicted molar refractivity (Wildman–Crippen MR) is 94.7 cm³/mol. The lowest BCUT2D eigenvalue weighted by atomic mass is 10.0. The second kappa shape index (κ2) is 8.47. The van der Waals surface area contributed by atoms with Crippen LogP contribution < -0.4 is 10.1 Å². The number of thioether (sulfide) groups is 1. The van der Waals surface area contributed by atoms with Gasteiger partial charge in [-0.3, -0.25) is 4.79 Å². The smallest absolute Gasteiger partial charge is 0.237 e. The van der Waals surface area contributed by atoms with Crippen LogP contribution in [0.3, 0.4) is 0 Å². The number of hydrogen-bond acceptors (Lipinski definition) is 3. The molecule has 1 aliphatic rings. The summed E-state index contributed by atoms with van der Waals surface area (Å²) < 4.78 is 5.14. The van der Waals surface area contributed by atoms with E-state index in [2.05, 4.69) is 19.2 Å². The van der Waals surface area contributed by atoms with Gasteiger partial charge in [0.1, 0.15) is 5.75 Å². The van der Waals surface area contributed by atoms with Crippen LogP contribution in [0.25, 0.3) is 0 Å². The molecule has 22 heavy (non-hydrogen) atoms. The molecule has 1 amide bonds. The van der Waals surface area contributed by atoms with Crippen molar-refractivity contribution in [2.45, 2.75) is 56.5 Å². The first-order valence-electron chi connectivity index (χ1n) is 8.20. The Kier molecular flexibility index (Phi) is 6.62. The largest absolute Gasteiger partial charge is 0.497 e. The average molecular weight is 321 g/mol. The first-order chi connectivity index (χ1) is 10.6. The minimum absolute atomic E-state index is 0.0187. The topological polar surface area (TPSA) is 38.3 Å². The molecule has 0 aliphatic heterocycles. The minimum atomic E-state index is 0.0187. The number of carbonyl (C=O) groups excluding carboxylic acids is 1. The van der Waals surface area contributed by atoms with Gasteiger partial charge in [-0.05, 0) is 43.0 Å². The number of methoxy groups -OCH3 is 1. The Morgan fingerprint density at radius 1 is 1.18 bits per heavy atom. The van der Waals surface area contributed by atoms with Crippen molar-refractivity contribution in [2.75, 3.05) is 12.4 Å². The molecule has 0 saturated heterocycles. The Morgan fingerprint density at radius 3 is 2.36 bits per heavy atom. The molecule has 0 radical (unpaired) electrons. The Bertz CT molecular complexity index is 466. The normalized spacial score (nSPS) is 17.3. The molecular weight excluding hydrogens is 294 g/mol. The van der Waals surface area contributed by atoms with E-state index in [0.29, 0.717) is 11.2 Å². The maximum Gasteiger partial charge on any atom is 0.237 e. The molecule has 1 N–H and O–H groups in total. The number of nitrogens with one attached hydrogen (secondary N) is 1. The van der Waals surface area contributed by atoms with Gasteiger partial charge in [-0.25, -0.2) is 0 Å². The molecule has 2 rings (SSSR count). The van der Waals surface area contributed by atoms with Gasteiger partial charge < -0.3 is 10.1 Å². The Hall–Kier alpha value is -1.16. The van der Waals surface area contributed by atoms with E-state index in [0.717, 1.165) is 11.4 Å². The second-order valence-corrected chi connectivity index (χ2v) is 7.73. The van der Waals surface area contributed by atoms with E-state index in [4.69, 9.17) is 4.74 Å². The number of amides is 1. The Balaban J connectivity index is 1.95. The average Bonchev–Trinajstić information content (AvgIpc) is 2.54. The summed E-state index contributed by atoms with van der Waals surface area (Å²) in [5, 5.41) is 3.71.